The lowest BCUT2D eigenvalue weighted by molar-refractivity contribution is -0.147. The van der Waals surface area contributed by atoms with E-state index in [2.05, 4.69) is 5.32 Å². The minimum atomic E-state index is -1.77. The molecule has 1 saturated heterocycles. The van der Waals surface area contributed by atoms with Gasteiger partial charge in [0.25, 0.3) is 0 Å². The fourth-order valence-electron chi connectivity index (χ4n) is 3.45. The van der Waals surface area contributed by atoms with Crippen molar-refractivity contribution in [2.45, 2.75) is 70.1 Å². The third-order valence-electron chi connectivity index (χ3n) is 4.91. The lowest BCUT2D eigenvalue weighted by Gasteiger charge is -2.28. The number of nitrogens with zero attached hydrogens (tertiary/aromatic N) is 1. The summed E-state index contributed by atoms with van der Waals surface area (Å²) < 4.78 is 0. The molecule has 1 fully saturated rings. The Morgan fingerprint density at radius 1 is 1.03 bits per heavy atom. The molecule has 0 aromatic rings. The Hall–Kier alpha value is -3.22. The molecule has 0 aliphatic carbocycles. The summed E-state index contributed by atoms with van der Waals surface area (Å²) in [5, 5.41) is 22.2. The number of nitrogens with two attached hydrogens (primary N) is 2. The number of rotatable bonds is 12. The predicted molar refractivity (Wildman–Crippen MR) is 110 cm³/mol. The highest BCUT2D eigenvalue weighted by atomic mass is 16.4. The molecule has 1 aliphatic heterocycles. The number of nitrogens with one attached hydrogen (secondary N) is 2. The molecule has 1 aliphatic rings. The standard InChI is InChI=1S/C19H31N5O8/c1-9(2)6-10(20)18(30)24-5-3-4-13(24)17(29)22-11(7-14(21)25)16(28)23-12(19(31)32)8-15(26)27/h9-13H,3-8,20H2,1-2H3,(H2,21,25)(H,22,29)(H,23,28)(H,26,27)(H,31,32). The van der Waals surface area contributed by atoms with E-state index < -0.39 is 72.6 Å². The highest BCUT2D eigenvalue weighted by molar-refractivity contribution is 5.96. The third-order valence-corrected chi connectivity index (χ3v) is 4.91. The van der Waals surface area contributed by atoms with Crippen LogP contribution in [0.25, 0.3) is 0 Å². The normalized spacial score (nSPS) is 18.5. The van der Waals surface area contributed by atoms with Gasteiger partial charge in [-0.1, -0.05) is 13.8 Å². The van der Waals surface area contributed by atoms with Crippen molar-refractivity contribution in [2.24, 2.45) is 17.4 Å². The topological polar surface area (TPSA) is 222 Å². The first-order valence-electron chi connectivity index (χ1n) is 10.2. The zero-order valence-corrected chi connectivity index (χ0v) is 18.1. The Kier molecular flexibility index (Phi) is 10.0. The van der Waals surface area contributed by atoms with Crippen LogP contribution in [-0.4, -0.2) is 81.4 Å². The van der Waals surface area contributed by atoms with Crippen molar-refractivity contribution in [1.82, 2.24) is 15.5 Å². The molecule has 4 atom stereocenters. The molecule has 13 heteroatoms. The van der Waals surface area contributed by atoms with Crippen molar-refractivity contribution in [2.75, 3.05) is 6.54 Å². The van der Waals surface area contributed by atoms with E-state index in [4.69, 9.17) is 21.7 Å². The first kappa shape index (κ1) is 26.8. The average Bonchev–Trinajstić information content (AvgIpc) is 3.14. The molecule has 0 aromatic heterocycles. The molecule has 180 valence electrons. The van der Waals surface area contributed by atoms with Gasteiger partial charge >= 0.3 is 11.9 Å². The minimum absolute atomic E-state index is 0.167. The van der Waals surface area contributed by atoms with Gasteiger partial charge in [0.2, 0.25) is 23.6 Å². The Morgan fingerprint density at radius 3 is 2.16 bits per heavy atom. The Balaban J connectivity index is 2.93. The van der Waals surface area contributed by atoms with Crippen molar-refractivity contribution in [3.05, 3.63) is 0 Å². The monoisotopic (exact) mass is 457 g/mol. The molecule has 4 unspecified atom stereocenters. The van der Waals surface area contributed by atoms with Crippen LogP contribution >= 0.6 is 0 Å². The van der Waals surface area contributed by atoms with Gasteiger partial charge in [-0.25, -0.2) is 4.79 Å². The summed E-state index contributed by atoms with van der Waals surface area (Å²) in [4.78, 5) is 72.7. The van der Waals surface area contributed by atoms with Gasteiger partial charge < -0.3 is 37.2 Å². The van der Waals surface area contributed by atoms with Crippen molar-refractivity contribution >= 4 is 35.6 Å². The summed E-state index contributed by atoms with van der Waals surface area (Å²) >= 11 is 0. The fraction of sp³-hybridized carbons (Fsp3) is 0.684. The highest BCUT2D eigenvalue weighted by Crippen LogP contribution is 2.20. The maximum atomic E-state index is 12.8. The predicted octanol–water partition coefficient (Wildman–Crippen LogP) is -2.24. The number of primary amides is 1. The first-order valence-corrected chi connectivity index (χ1v) is 10.2. The molecule has 32 heavy (non-hydrogen) atoms. The van der Waals surface area contributed by atoms with E-state index in [-0.39, 0.29) is 5.92 Å². The maximum Gasteiger partial charge on any atom is 0.326 e. The van der Waals surface area contributed by atoms with E-state index >= 15 is 0 Å². The molecule has 0 aromatic carbocycles. The second kappa shape index (κ2) is 12.0. The van der Waals surface area contributed by atoms with Crippen molar-refractivity contribution < 1.29 is 39.0 Å². The number of carbonyl (C=O) groups is 6. The molecular weight excluding hydrogens is 426 g/mol. The summed E-state index contributed by atoms with van der Waals surface area (Å²) in [5.41, 5.74) is 11.1. The fourth-order valence-corrected chi connectivity index (χ4v) is 3.45. The van der Waals surface area contributed by atoms with Crippen LogP contribution in [0.3, 0.4) is 0 Å². The molecule has 1 rings (SSSR count). The Morgan fingerprint density at radius 2 is 1.66 bits per heavy atom. The summed E-state index contributed by atoms with van der Waals surface area (Å²) in [6.45, 7) is 4.11. The second-order valence-electron chi connectivity index (χ2n) is 8.15. The van der Waals surface area contributed by atoms with Gasteiger partial charge in [-0.15, -0.1) is 0 Å². The zero-order chi connectivity index (χ0) is 24.6. The van der Waals surface area contributed by atoms with Crippen molar-refractivity contribution in [3.63, 3.8) is 0 Å². The van der Waals surface area contributed by atoms with Gasteiger partial charge in [-0.3, -0.25) is 24.0 Å². The molecule has 0 spiro atoms. The summed E-state index contributed by atoms with van der Waals surface area (Å²) in [6.07, 6.45) is -0.281. The van der Waals surface area contributed by atoms with Gasteiger partial charge in [-0.2, -0.15) is 0 Å². The smallest absolute Gasteiger partial charge is 0.326 e. The SMILES string of the molecule is CC(C)CC(N)C(=O)N1CCCC1C(=O)NC(CC(N)=O)C(=O)NC(CC(=O)O)C(=O)O. The van der Waals surface area contributed by atoms with Crippen LogP contribution in [0.4, 0.5) is 0 Å². The lowest BCUT2D eigenvalue weighted by Crippen LogP contribution is -2.57. The number of carboxylic acid groups (broad SMARTS) is 2. The lowest BCUT2D eigenvalue weighted by atomic mass is 10.0. The summed E-state index contributed by atoms with van der Waals surface area (Å²) in [6, 6.07) is -5.03. The number of likely N-dealkylation sites (tertiary alicyclic amines) is 1. The third kappa shape index (κ3) is 8.13. The van der Waals surface area contributed by atoms with Gasteiger partial charge in [0.05, 0.1) is 18.9 Å². The van der Waals surface area contributed by atoms with Crippen LogP contribution in [0.5, 0.6) is 0 Å². The van der Waals surface area contributed by atoms with Crippen LogP contribution < -0.4 is 22.1 Å². The van der Waals surface area contributed by atoms with E-state index in [1.54, 1.807) is 0 Å². The molecule has 13 nitrogen and oxygen atoms in total. The van der Waals surface area contributed by atoms with Gasteiger partial charge in [-0.05, 0) is 25.2 Å². The summed E-state index contributed by atoms with van der Waals surface area (Å²) in [5.74, 6) is -6.06. The van der Waals surface area contributed by atoms with E-state index in [1.165, 1.54) is 4.90 Å². The van der Waals surface area contributed by atoms with Crippen molar-refractivity contribution in [3.8, 4) is 0 Å². The number of hydrogen-bond acceptors (Lipinski definition) is 7. The molecule has 0 saturated carbocycles. The van der Waals surface area contributed by atoms with E-state index in [0.29, 0.717) is 25.8 Å². The van der Waals surface area contributed by atoms with Crippen LogP contribution in [0.15, 0.2) is 0 Å². The highest BCUT2D eigenvalue weighted by Gasteiger charge is 2.38. The van der Waals surface area contributed by atoms with Gasteiger partial charge in [0.1, 0.15) is 18.1 Å². The first-order chi connectivity index (χ1) is 14.8. The molecule has 1 heterocycles. The summed E-state index contributed by atoms with van der Waals surface area (Å²) in [7, 11) is 0. The van der Waals surface area contributed by atoms with E-state index in [0.717, 1.165) is 0 Å². The molecule has 4 amide bonds. The number of carbonyl (C=O) groups excluding carboxylic acids is 4. The number of hydrogen-bond donors (Lipinski definition) is 6. The van der Waals surface area contributed by atoms with Crippen LogP contribution in [0, 0.1) is 5.92 Å². The Bertz CT molecular complexity index is 756. The van der Waals surface area contributed by atoms with Crippen LogP contribution in [-0.2, 0) is 28.8 Å². The quantitative estimate of drug-likeness (QED) is 0.186. The van der Waals surface area contributed by atoms with Gasteiger partial charge in [0, 0.05) is 6.54 Å². The van der Waals surface area contributed by atoms with Crippen LogP contribution in [0.2, 0.25) is 0 Å². The number of aliphatic carboxylic acids is 2. The van der Waals surface area contributed by atoms with E-state index in [1.807, 2.05) is 19.2 Å². The number of carboxylic acids is 2. The average molecular weight is 457 g/mol. The Labute approximate surface area is 184 Å². The largest absolute Gasteiger partial charge is 0.481 e. The zero-order valence-electron chi connectivity index (χ0n) is 18.1. The van der Waals surface area contributed by atoms with Crippen LogP contribution in [0.1, 0.15) is 46.0 Å². The second-order valence-corrected chi connectivity index (χ2v) is 8.15. The molecule has 0 radical (unpaired) electrons. The minimum Gasteiger partial charge on any atom is -0.481 e. The molecular formula is C19H31N5O8. The molecule has 0 bridgehead atoms. The van der Waals surface area contributed by atoms with E-state index in [9.17, 15) is 28.8 Å². The molecule has 8 N–H and O–H groups in total. The van der Waals surface area contributed by atoms with Crippen molar-refractivity contribution in [1.29, 1.82) is 0 Å². The maximum absolute atomic E-state index is 12.8. The van der Waals surface area contributed by atoms with Gasteiger partial charge in [0.15, 0.2) is 0 Å². The number of amides is 4.